The molecule has 1 fully saturated rings. The van der Waals surface area contributed by atoms with Crippen molar-refractivity contribution in [2.75, 3.05) is 0 Å². The number of ether oxygens (including phenoxy) is 1. The molecular weight excluding hydrogens is 258 g/mol. The van der Waals surface area contributed by atoms with E-state index in [1.165, 1.54) is 0 Å². The van der Waals surface area contributed by atoms with Gasteiger partial charge in [-0.25, -0.2) is 0 Å². The first-order chi connectivity index (χ1) is 8.55. The lowest BCUT2D eigenvalue weighted by Gasteiger charge is -2.39. The highest BCUT2D eigenvalue weighted by Crippen LogP contribution is 2.49. The van der Waals surface area contributed by atoms with Gasteiger partial charge in [-0.15, -0.1) is 0 Å². The van der Waals surface area contributed by atoms with Crippen molar-refractivity contribution in [1.29, 1.82) is 0 Å². The smallest absolute Gasteiger partial charge is 0.0683 e. The molecule has 3 heteroatoms. The van der Waals surface area contributed by atoms with Crippen LogP contribution >= 0.6 is 11.6 Å². The molecule has 1 aromatic carbocycles. The second-order valence-corrected chi connectivity index (χ2v) is 7.45. The molecule has 1 aromatic rings. The molecule has 0 bridgehead atoms. The van der Waals surface area contributed by atoms with Crippen LogP contribution in [0.4, 0.5) is 0 Å². The van der Waals surface area contributed by atoms with Gasteiger partial charge in [-0.1, -0.05) is 23.7 Å². The Bertz CT molecular complexity index is 462. The molecule has 0 aliphatic carbocycles. The molecule has 2 unspecified atom stereocenters. The minimum atomic E-state index is -0.429. The molecule has 0 saturated carbocycles. The predicted octanol–water partition coefficient (Wildman–Crippen LogP) is 4.11. The van der Waals surface area contributed by atoms with Crippen LogP contribution in [0.3, 0.4) is 0 Å². The van der Waals surface area contributed by atoms with Gasteiger partial charge in [-0.3, -0.25) is 0 Å². The Labute approximate surface area is 121 Å². The minimum absolute atomic E-state index is 0.124. The van der Waals surface area contributed by atoms with Gasteiger partial charge in [0.1, 0.15) is 0 Å². The summed E-state index contributed by atoms with van der Waals surface area (Å²) in [4.78, 5) is 0. The summed E-state index contributed by atoms with van der Waals surface area (Å²) in [6, 6.07) is 7.83. The molecule has 0 spiro atoms. The maximum atomic E-state index is 6.67. The first kappa shape index (κ1) is 14.8. The topological polar surface area (TPSA) is 35.2 Å². The maximum absolute atomic E-state index is 6.67. The Morgan fingerprint density at radius 3 is 2.16 bits per heavy atom. The Morgan fingerprint density at radius 1 is 1.21 bits per heavy atom. The van der Waals surface area contributed by atoms with Crippen LogP contribution in [-0.4, -0.2) is 11.2 Å². The third-order valence-electron chi connectivity index (χ3n) is 4.26. The van der Waals surface area contributed by atoms with Crippen LogP contribution in [0.15, 0.2) is 24.3 Å². The fourth-order valence-corrected chi connectivity index (χ4v) is 3.63. The first-order valence-electron chi connectivity index (χ1n) is 6.80. The van der Waals surface area contributed by atoms with E-state index in [0.29, 0.717) is 0 Å². The van der Waals surface area contributed by atoms with E-state index < -0.39 is 5.54 Å². The van der Waals surface area contributed by atoms with Crippen molar-refractivity contribution in [2.24, 2.45) is 11.7 Å². The SMILES string of the molecule is CC1(C)CC(C(C)(N)c2ccc(Cl)cc2)C(C)(C)O1. The number of rotatable bonds is 2. The van der Waals surface area contributed by atoms with Gasteiger partial charge in [0.25, 0.3) is 0 Å². The summed E-state index contributed by atoms with van der Waals surface area (Å²) in [5.74, 6) is 0.260. The summed E-state index contributed by atoms with van der Waals surface area (Å²) in [6.07, 6.45) is 0.954. The quantitative estimate of drug-likeness (QED) is 0.885. The number of nitrogens with two attached hydrogens (primary N) is 1. The predicted molar refractivity (Wildman–Crippen MR) is 80.3 cm³/mol. The van der Waals surface area contributed by atoms with Crippen LogP contribution in [0.1, 0.15) is 46.6 Å². The van der Waals surface area contributed by atoms with Crippen molar-refractivity contribution in [3.8, 4) is 0 Å². The summed E-state index contributed by atoms with van der Waals surface area (Å²) >= 11 is 5.96. The zero-order chi connectivity index (χ0) is 14.5. The van der Waals surface area contributed by atoms with Gasteiger partial charge in [-0.2, -0.15) is 0 Å². The fraction of sp³-hybridized carbons (Fsp3) is 0.625. The normalized spacial score (nSPS) is 28.1. The zero-order valence-corrected chi connectivity index (χ0v) is 13.2. The zero-order valence-electron chi connectivity index (χ0n) is 12.5. The molecule has 1 heterocycles. The van der Waals surface area contributed by atoms with Gasteiger partial charge in [-0.05, 0) is 58.7 Å². The first-order valence-corrected chi connectivity index (χ1v) is 7.17. The second kappa shape index (κ2) is 4.47. The summed E-state index contributed by atoms with van der Waals surface area (Å²) < 4.78 is 6.17. The van der Waals surface area contributed by atoms with E-state index in [1.807, 2.05) is 24.3 Å². The van der Waals surface area contributed by atoms with Crippen LogP contribution in [0.5, 0.6) is 0 Å². The average Bonchev–Trinajstić information content (AvgIpc) is 2.48. The van der Waals surface area contributed by atoms with E-state index in [4.69, 9.17) is 22.1 Å². The van der Waals surface area contributed by atoms with E-state index in [9.17, 15) is 0 Å². The van der Waals surface area contributed by atoms with E-state index in [0.717, 1.165) is 17.0 Å². The van der Waals surface area contributed by atoms with E-state index >= 15 is 0 Å². The van der Waals surface area contributed by atoms with E-state index in [2.05, 4.69) is 34.6 Å². The third-order valence-corrected chi connectivity index (χ3v) is 4.52. The van der Waals surface area contributed by atoms with E-state index in [-0.39, 0.29) is 17.1 Å². The molecular formula is C16H24ClNO. The number of benzene rings is 1. The van der Waals surface area contributed by atoms with Gasteiger partial charge in [0.05, 0.1) is 11.2 Å². The van der Waals surface area contributed by atoms with Gasteiger partial charge < -0.3 is 10.5 Å². The van der Waals surface area contributed by atoms with Crippen molar-refractivity contribution < 1.29 is 4.74 Å². The molecule has 2 rings (SSSR count). The van der Waals surface area contributed by atoms with Gasteiger partial charge in [0, 0.05) is 16.5 Å². The lowest BCUT2D eigenvalue weighted by atomic mass is 9.70. The molecule has 0 radical (unpaired) electrons. The lowest BCUT2D eigenvalue weighted by molar-refractivity contribution is -0.0814. The summed E-state index contributed by atoms with van der Waals surface area (Å²) in [5.41, 5.74) is 6.99. The number of hydrogen-bond acceptors (Lipinski definition) is 2. The molecule has 19 heavy (non-hydrogen) atoms. The van der Waals surface area contributed by atoms with Crippen molar-refractivity contribution >= 4 is 11.6 Å². The highest BCUT2D eigenvalue weighted by molar-refractivity contribution is 6.30. The molecule has 0 amide bonds. The standard InChI is InChI=1S/C16H24ClNO/c1-14(2)10-13(15(3,4)19-14)16(5,18)11-6-8-12(17)9-7-11/h6-9,13H,10,18H2,1-5H3. The van der Waals surface area contributed by atoms with Gasteiger partial charge in [0.15, 0.2) is 0 Å². The maximum Gasteiger partial charge on any atom is 0.0683 e. The minimum Gasteiger partial charge on any atom is -0.369 e. The average molecular weight is 282 g/mol. The highest BCUT2D eigenvalue weighted by atomic mass is 35.5. The molecule has 1 aliphatic rings. The lowest BCUT2D eigenvalue weighted by Crippen LogP contribution is -2.48. The Hall–Kier alpha value is -0.570. The highest BCUT2D eigenvalue weighted by Gasteiger charge is 2.52. The molecule has 1 aliphatic heterocycles. The third kappa shape index (κ3) is 2.81. The Kier molecular flexibility index (Phi) is 3.49. The van der Waals surface area contributed by atoms with Crippen LogP contribution in [-0.2, 0) is 10.3 Å². The van der Waals surface area contributed by atoms with Crippen LogP contribution in [0.25, 0.3) is 0 Å². The van der Waals surface area contributed by atoms with Crippen molar-refractivity contribution in [2.45, 2.75) is 57.8 Å². The van der Waals surface area contributed by atoms with Gasteiger partial charge in [0.2, 0.25) is 0 Å². The monoisotopic (exact) mass is 281 g/mol. The summed E-state index contributed by atoms with van der Waals surface area (Å²) in [7, 11) is 0. The molecule has 2 atom stereocenters. The second-order valence-electron chi connectivity index (χ2n) is 7.01. The summed E-state index contributed by atoms with van der Waals surface area (Å²) in [5, 5.41) is 0.738. The molecule has 2 N–H and O–H groups in total. The van der Waals surface area contributed by atoms with Crippen LogP contribution in [0.2, 0.25) is 5.02 Å². The number of hydrogen-bond donors (Lipinski definition) is 1. The van der Waals surface area contributed by atoms with Crippen molar-refractivity contribution in [3.05, 3.63) is 34.9 Å². The molecule has 1 saturated heterocycles. The molecule has 0 aromatic heterocycles. The van der Waals surface area contributed by atoms with Crippen molar-refractivity contribution in [1.82, 2.24) is 0 Å². The van der Waals surface area contributed by atoms with E-state index in [1.54, 1.807) is 0 Å². The van der Waals surface area contributed by atoms with Crippen molar-refractivity contribution in [3.63, 3.8) is 0 Å². The Balaban J connectivity index is 2.36. The fourth-order valence-electron chi connectivity index (χ4n) is 3.51. The van der Waals surface area contributed by atoms with Crippen LogP contribution in [0, 0.1) is 5.92 Å². The number of halogens is 1. The molecule has 2 nitrogen and oxygen atoms in total. The van der Waals surface area contributed by atoms with Crippen LogP contribution < -0.4 is 5.73 Å². The summed E-state index contributed by atoms with van der Waals surface area (Å²) in [6.45, 7) is 10.6. The Morgan fingerprint density at radius 2 is 1.74 bits per heavy atom. The largest absolute Gasteiger partial charge is 0.369 e. The molecule has 106 valence electrons. The van der Waals surface area contributed by atoms with Gasteiger partial charge >= 0.3 is 0 Å².